The highest BCUT2D eigenvalue weighted by atomic mass is 35.5. The lowest BCUT2D eigenvalue weighted by molar-refractivity contribution is -0.113. The van der Waals surface area contributed by atoms with E-state index in [-0.39, 0.29) is 11.7 Å². The summed E-state index contributed by atoms with van der Waals surface area (Å²) in [6.45, 7) is 5.06. The van der Waals surface area contributed by atoms with Gasteiger partial charge in [0.2, 0.25) is 11.1 Å². The van der Waals surface area contributed by atoms with E-state index in [1.807, 2.05) is 68.4 Å². The molecule has 0 aliphatic rings. The molecule has 3 aromatic carbocycles. The molecule has 0 saturated heterocycles. The van der Waals surface area contributed by atoms with Crippen molar-refractivity contribution in [3.05, 3.63) is 77.8 Å². The van der Waals surface area contributed by atoms with Gasteiger partial charge in [-0.1, -0.05) is 35.5 Å². The average Bonchev–Trinajstić information content (AvgIpc) is 2.90. The van der Waals surface area contributed by atoms with Gasteiger partial charge < -0.3 is 14.8 Å². The van der Waals surface area contributed by atoms with Crippen LogP contribution in [0.15, 0.2) is 78.0 Å². The fourth-order valence-electron chi connectivity index (χ4n) is 3.40. The molecule has 1 amide bonds. The highest BCUT2D eigenvalue weighted by Crippen LogP contribution is 2.32. The fourth-order valence-corrected chi connectivity index (χ4v) is 4.17. The molecule has 0 fully saturated rings. The van der Waals surface area contributed by atoms with Crippen LogP contribution in [0, 0.1) is 0 Å². The van der Waals surface area contributed by atoms with E-state index >= 15 is 0 Å². The van der Waals surface area contributed by atoms with Crippen molar-refractivity contribution in [2.24, 2.45) is 0 Å². The number of rotatable bonds is 10. The number of ether oxygens (including phenoxy) is 2. The molecular weight excluding hydrogens is 496 g/mol. The number of halogens is 1. The summed E-state index contributed by atoms with van der Waals surface area (Å²) in [5.74, 6) is 1.45. The van der Waals surface area contributed by atoms with E-state index in [0.717, 1.165) is 22.6 Å². The quantitative estimate of drug-likeness (QED) is 0.242. The highest BCUT2D eigenvalue weighted by Gasteiger charge is 2.16. The molecular formula is C27H25ClN4O3S. The predicted octanol–water partition coefficient (Wildman–Crippen LogP) is 6.39. The number of anilines is 1. The van der Waals surface area contributed by atoms with Crippen molar-refractivity contribution >= 4 is 35.0 Å². The van der Waals surface area contributed by atoms with Gasteiger partial charge in [0.15, 0.2) is 0 Å². The highest BCUT2D eigenvalue weighted by molar-refractivity contribution is 7.99. The Labute approximate surface area is 219 Å². The number of carbonyl (C=O) groups is 1. The molecule has 4 aromatic rings. The van der Waals surface area contributed by atoms with Crippen molar-refractivity contribution < 1.29 is 14.3 Å². The van der Waals surface area contributed by atoms with Gasteiger partial charge in [0.05, 0.1) is 29.7 Å². The van der Waals surface area contributed by atoms with Crippen molar-refractivity contribution in [3.63, 3.8) is 0 Å². The zero-order valence-electron chi connectivity index (χ0n) is 19.9. The summed E-state index contributed by atoms with van der Waals surface area (Å²) in [5, 5.41) is 12.4. The molecule has 1 N–H and O–H groups in total. The molecule has 1 heterocycles. The summed E-state index contributed by atoms with van der Waals surface area (Å²) < 4.78 is 11.1. The molecule has 0 aliphatic carbocycles. The van der Waals surface area contributed by atoms with E-state index in [9.17, 15) is 4.79 Å². The lowest BCUT2D eigenvalue weighted by Gasteiger charge is -2.11. The number of hydrogen-bond donors (Lipinski definition) is 1. The largest absolute Gasteiger partial charge is 0.494 e. The van der Waals surface area contributed by atoms with Crippen LogP contribution >= 0.6 is 23.4 Å². The maximum absolute atomic E-state index is 12.5. The molecule has 9 heteroatoms. The third kappa shape index (κ3) is 6.53. The Kier molecular flexibility index (Phi) is 8.76. The number of nitrogens with zero attached hydrogens (tertiary/aromatic N) is 3. The van der Waals surface area contributed by atoms with E-state index in [0.29, 0.717) is 40.5 Å². The minimum absolute atomic E-state index is 0.109. The zero-order valence-corrected chi connectivity index (χ0v) is 21.5. The number of carbonyl (C=O) groups excluding carboxylic acids is 1. The number of amides is 1. The Morgan fingerprint density at radius 3 is 2.00 bits per heavy atom. The van der Waals surface area contributed by atoms with E-state index in [4.69, 9.17) is 26.1 Å². The summed E-state index contributed by atoms with van der Waals surface area (Å²) in [6, 6.07) is 22.4. The Bertz CT molecular complexity index is 1320. The molecule has 0 radical (unpaired) electrons. The molecule has 0 atom stereocenters. The van der Waals surface area contributed by atoms with E-state index in [2.05, 4.69) is 15.5 Å². The molecule has 0 aliphatic heterocycles. The lowest BCUT2D eigenvalue weighted by atomic mass is 10.0. The van der Waals surface area contributed by atoms with Gasteiger partial charge in [-0.3, -0.25) is 4.79 Å². The van der Waals surface area contributed by atoms with Crippen LogP contribution in [0.4, 0.5) is 5.69 Å². The Balaban J connectivity index is 1.59. The zero-order chi connectivity index (χ0) is 25.3. The third-order valence-electron chi connectivity index (χ3n) is 5.03. The van der Waals surface area contributed by atoms with Crippen molar-refractivity contribution in [2.45, 2.75) is 19.0 Å². The molecule has 4 rings (SSSR count). The van der Waals surface area contributed by atoms with Crippen LogP contribution in [-0.4, -0.2) is 40.1 Å². The molecule has 0 unspecified atom stereocenters. The summed E-state index contributed by atoms with van der Waals surface area (Å²) in [5.41, 5.74) is 3.57. The van der Waals surface area contributed by atoms with Crippen LogP contribution < -0.4 is 14.8 Å². The lowest BCUT2D eigenvalue weighted by Crippen LogP contribution is -2.14. The topological polar surface area (TPSA) is 86.2 Å². The van der Waals surface area contributed by atoms with E-state index < -0.39 is 0 Å². The molecule has 36 heavy (non-hydrogen) atoms. The number of hydrogen-bond acceptors (Lipinski definition) is 7. The van der Waals surface area contributed by atoms with Crippen molar-refractivity contribution in [3.8, 4) is 34.0 Å². The monoisotopic (exact) mass is 520 g/mol. The molecule has 184 valence electrons. The van der Waals surface area contributed by atoms with Gasteiger partial charge in [0, 0.05) is 11.1 Å². The van der Waals surface area contributed by atoms with Gasteiger partial charge in [0.1, 0.15) is 22.9 Å². The second-order valence-electron chi connectivity index (χ2n) is 7.52. The first-order valence-electron chi connectivity index (χ1n) is 11.5. The summed E-state index contributed by atoms with van der Waals surface area (Å²) in [7, 11) is 0. The average molecular weight is 521 g/mol. The standard InChI is InChI=1S/C27H25ClN4O3S/c1-3-34-20-13-9-18(10-14-20)25-26(19-11-15-21(16-12-19)35-4-2)31-32-27(30-25)36-17-24(33)29-23-8-6-5-7-22(23)28/h5-16H,3-4,17H2,1-2H3,(H,29,33). The van der Waals surface area contributed by atoms with Gasteiger partial charge >= 0.3 is 0 Å². The first-order valence-corrected chi connectivity index (χ1v) is 12.8. The minimum atomic E-state index is -0.213. The van der Waals surface area contributed by atoms with Crippen LogP contribution in [0.3, 0.4) is 0 Å². The molecule has 7 nitrogen and oxygen atoms in total. The van der Waals surface area contributed by atoms with E-state index in [1.165, 1.54) is 11.8 Å². The fraction of sp³-hybridized carbons (Fsp3) is 0.185. The Morgan fingerprint density at radius 2 is 1.42 bits per heavy atom. The van der Waals surface area contributed by atoms with Gasteiger partial charge in [0.25, 0.3) is 0 Å². The maximum Gasteiger partial charge on any atom is 0.234 e. The van der Waals surface area contributed by atoms with E-state index in [1.54, 1.807) is 18.2 Å². The van der Waals surface area contributed by atoms with Gasteiger partial charge in [-0.2, -0.15) is 0 Å². The number of aromatic nitrogens is 3. The number of para-hydroxylation sites is 1. The molecule has 0 saturated carbocycles. The number of benzene rings is 3. The number of thioether (sulfide) groups is 1. The van der Waals surface area contributed by atoms with Gasteiger partial charge in [-0.05, 0) is 74.5 Å². The van der Waals surface area contributed by atoms with Gasteiger partial charge in [-0.25, -0.2) is 4.98 Å². The summed E-state index contributed by atoms with van der Waals surface area (Å²) in [6.07, 6.45) is 0. The third-order valence-corrected chi connectivity index (χ3v) is 6.19. The van der Waals surface area contributed by atoms with Crippen LogP contribution in [0.1, 0.15) is 13.8 Å². The molecule has 0 spiro atoms. The van der Waals surface area contributed by atoms with Crippen LogP contribution in [-0.2, 0) is 4.79 Å². The van der Waals surface area contributed by atoms with Crippen molar-refractivity contribution in [1.82, 2.24) is 15.2 Å². The first-order chi connectivity index (χ1) is 17.6. The SMILES string of the molecule is CCOc1ccc(-c2nnc(SCC(=O)Nc3ccccc3Cl)nc2-c2ccc(OCC)cc2)cc1. The van der Waals surface area contributed by atoms with Crippen LogP contribution in [0.5, 0.6) is 11.5 Å². The number of nitrogens with one attached hydrogen (secondary N) is 1. The summed E-state index contributed by atoms with van der Waals surface area (Å²) in [4.78, 5) is 17.2. The predicted molar refractivity (Wildman–Crippen MR) is 144 cm³/mol. The van der Waals surface area contributed by atoms with Crippen LogP contribution in [0.25, 0.3) is 22.5 Å². The molecule has 0 bridgehead atoms. The second kappa shape index (κ2) is 12.4. The van der Waals surface area contributed by atoms with Crippen LogP contribution in [0.2, 0.25) is 5.02 Å². The van der Waals surface area contributed by atoms with Crippen molar-refractivity contribution in [2.75, 3.05) is 24.3 Å². The summed E-state index contributed by atoms with van der Waals surface area (Å²) >= 11 is 7.34. The van der Waals surface area contributed by atoms with Gasteiger partial charge in [-0.15, -0.1) is 10.2 Å². The van der Waals surface area contributed by atoms with Crippen molar-refractivity contribution in [1.29, 1.82) is 0 Å². The Hall–Kier alpha value is -3.62. The maximum atomic E-state index is 12.5. The first kappa shape index (κ1) is 25.5. The minimum Gasteiger partial charge on any atom is -0.494 e. The second-order valence-corrected chi connectivity index (χ2v) is 8.87. The normalized spacial score (nSPS) is 10.6. The molecule has 1 aromatic heterocycles. The Morgan fingerprint density at radius 1 is 0.833 bits per heavy atom. The smallest absolute Gasteiger partial charge is 0.234 e.